The average molecular weight is 454 g/mol. The Morgan fingerprint density at radius 1 is 0.958 bits per heavy atom. The summed E-state index contributed by atoms with van der Waals surface area (Å²) in [5, 5.41) is 0. The average Bonchev–Trinajstić information content (AvgIpc) is 2.51. The molecule has 0 unspecified atom stereocenters. The predicted molar refractivity (Wildman–Crippen MR) is 109 cm³/mol. The van der Waals surface area contributed by atoms with Crippen LogP contribution in [0.4, 0.5) is 5.69 Å². The molecule has 3 nitrogen and oxygen atoms in total. The number of hydrogen-bond acceptors (Lipinski definition) is 2. The summed E-state index contributed by atoms with van der Waals surface area (Å²) in [6.45, 7) is 10.3. The second-order valence-corrected chi connectivity index (χ2v) is 7.41. The predicted octanol–water partition coefficient (Wildman–Crippen LogP) is 6.62. The highest BCUT2D eigenvalue weighted by Gasteiger charge is 2.08. The minimum atomic E-state index is 0.790. The zero-order chi connectivity index (χ0) is 17.7. The van der Waals surface area contributed by atoms with Crippen LogP contribution in [0.15, 0.2) is 44.3 Å². The van der Waals surface area contributed by atoms with E-state index >= 15 is 0 Å². The van der Waals surface area contributed by atoms with Crippen molar-refractivity contribution in [3.8, 4) is 11.5 Å². The van der Waals surface area contributed by atoms with Crippen molar-refractivity contribution in [2.24, 2.45) is 4.99 Å². The molecule has 128 valence electrons. The zero-order valence-corrected chi connectivity index (χ0v) is 17.6. The molecular formula is C19H22Br2N2O. The highest BCUT2D eigenvalue weighted by Crippen LogP contribution is 2.33. The Hall–Kier alpha value is -1.33. The number of aryl methyl sites for hydroxylation is 2. The van der Waals surface area contributed by atoms with E-state index in [4.69, 9.17) is 4.74 Å². The molecule has 0 aliphatic carbocycles. The molecular weight excluding hydrogens is 432 g/mol. The minimum Gasteiger partial charge on any atom is -0.457 e. The van der Waals surface area contributed by atoms with Gasteiger partial charge in [-0.25, -0.2) is 4.99 Å². The number of halogens is 2. The molecule has 0 N–H and O–H groups in total. The van der Waals surface area contributed by atoms with Gasteiger partial charge in [0.2, 0.25) is 0 Å². The number of nitrogens with zero attached hydrogens (tertiary/aromatic N) is 2. The van der Waals surface area contributed by atoms with E-state index in [0.717, 1.165) is 50.3 Å². The van der Waals surface area contributed by atoms with Gasteiger partial charge in [-0.2, -0.15) is 0 Å². The Labute approximate surface area is 161 Å². The van der Waals surface area contributed by atoms with E-state index in [0.29, 0.717) is 0 Å². The van der Waals surface area contributed by atoms with Crippen molar-refractivity contribution in [3.63, 3.8) is 0 Å². The Kier molecular flexibility index (Phi) is 6.87. The first-order valence-corrected chi connectivity index (χ1v) is 9.55. The quantitative estimate of drug-likeness (QED) is 0.362. The summed E-state index contributed by atoms with van der Waals surface area (Å²) in [4.78, 5) is 6.78. The summed E-state index contributed by atoms with van der Waals surface area (Å²) in [5.74, 6) is 1.64. The van der Waals surface area contributed by atoms with Crippen molar-refractivity contribution < 1.29 is 4.74 Å². The highest BCUT2D eigenvalue weighted by molar-refractivity contribution is 9.11. The van der Waals surface area contributed by atoms with Crippen molar-refractivity contribution >= 4 is 43.9 Å². The first-order valence-electron chi connectivity index (χ1n) is 7.96. The van der Waals surface area contributed by atoms with E-state index in [1.165, 1.54) is 0 Å². The van der Waals surface area contributed by atoms with E-state index in [2.05, 4.69) is 68.6 Å². The van der Waals surface area contributed by atoms with Crippen LogP contribution in [-0.2, 0) is 0 Å². The molecule has 0 atom stereocenters. The molecule has 0 aromatic heterocycles. The summed E-state index contributed by atoms with van der Waals surface area (Å²) in [5.41, 5.74) is 3.12. The number of hydrogen-bond donors (Lipinski definition) is 0. The van der Waals surface area contributed by atoms with Crippen LogP contribution in [0.1, 0.15) is 25.0 Å². The lowest BCUT2D eigenvalue weighted by Crippen LogP contribution is -2.20. The van der Waals surface area contributed by atoms with Crippen molar-refractivity contribution in [2.45, 2.75) is 27.7 Å². The molecule has 0 amide bonds. The molecule has 0 radical (unpaired) electrons. The third kappa shape index (κ3) is 5.08. The third-order valence-corrected chi connectivity index (χ3v) is 4.65. The van der Waals surface area contributed by atoms with Crippen molar-refractivity contribution in [3.05, 3.63) is 50.4 Å². The fourth-order valence-electron chi connectivity index (χ4n) is 2.27. The third-order valence-electron chi connectivity index (χ3n) is 3.73. The van der Waals surface area contributed by atoms with Crippen LogP contribution in [0.2, 0.25) is 0 Å². The monoisotopic (exact) mass is 452 g/mol. The van der Waals surface area contributed by atoms with E-state index < -0.39 is 0 Å². The topological polar surface area (TPSA) is 24.8 Å². The summed E-state index contributed by atoms with van der Waals surface area (Å²) >= 11 is 6.97. The summed E-state index contributed by atoms with van der Waals surface area (Å²) in [6.07, 6.45) is 1.91. The van der Waals surface area contributed by atoms with Gasteiger partial charge in [-0.15, -0.1) is 0 Å². The van der Waals surface area contributed by atoms with Crippen LogP contribution in [0.3, 0.4) is 0 Å². The van der Waals surface area contributed by atoms with E-state index in [1.54, 1.807) is 0 Å². The second-order valence-electron chi connectivity index (χ2n) is 5.58. The van der Waals surface area contributed by atoms with Gasteiger partial charge in [0.25, 0.3) is 0 Å². The number of benzene rings is 2. The zero-order valence-electron chi connectivity index (χ0n) is 14.4. The maximum Gasteiger partial charge on any atom is 0.130 e. The highest BCUT2D eigenvalue weighted by atomic mass is 79.9. The molecule has 0 spiro atoms. The number of rotatable bonds is 6. The molecule has 0 fully saturated rings. The van der Waals surface area contributed by atoms with Gasteiger partial charge in [0.15, 0.2) is 0 Å². The fraction of sp³-hybridized carbons (Fsp3) is 0.316. The molecule has 24 heavy (non-hydrogen) atoms. The van der Waals surface area contributed by atoms with Gasteiger partial charge in [0, 0.05) is 22.0 Å². The lowest BCUT2D eigenvalue weighted by Gasteiger charge is -2.15. The molecule has 2 rings (SSSR count). The Morgan fingerprint density at radius 3 is 2.17 bits per heavy atom. The Morgan fingerprint density at radius 2 is 1.58 bits per heavy atom. The molecule has 0 aliphatic rings. The molecule has 0 saturated heterocycles. The van der Waals surface area contributed by atoms with Gasteiger partial charge >= 0.3 is 0 Å². The molecule has 5 heteroatoms. The van der Waals surface area contributed by atoms with Crippen molar-refractivity contribution in [1.82, 2.24) is 4.90 Å². The van der Waals surface area contributed by atoms with Crippen LogP contribution in [0, 0.1) is 13.8 Å². The lowest BCUT2D eigenvalue weighted by atomic mass is 10.1. The van der Waals surface area contributed by atoms with Gasteiger partial charge in [0.1, 0.15) is 11.5 Å². The van der Waals surface area contributed by atoms with Crippen molar-refractivity contribution in [2.75, 3.05) is 13.1 Å². The summed E-state index contributed by atoms with van der Waals surface area (Å²) < 4.78 is 8.00. The summed E-state index contributed by atoms with van der Waals surface area (Å²) in [7, 11) is 0. The number of ether oxygens (including phenoxy) is 1. The maximum atomic E-state index is 6.05. The van der Waals surface area contributed by atoms with Gasteiger partial charge in [-0.1, -0.05) is 31.9 Å². The van der Waals surface area contributed by atoms with Gasteiger partial charge in [-0.05, 0) is 69.2 Å². The fourth-order valence-corrected chi connectivity index (χ4v) is 3.52. The van der Waals surface area contributed by atoms with Crippen LogP contribution >= 0.6 is 31.9 Å². The largest absolute Gasteiger partial charge is 0.457 e. The molecule has 0 heterocycles. The number of aliphatic imine (C=N–C) groups is 1. The lowest BCUT2D eigenvalue weighted by molar-refractivity contribution is 0.477. The molecule has 0 bridgehead atoms. The van der Waals surface area contributed by atoms with Crippen LogP contribution in [-0.4, -0.2) is 24.3 Å². The maximum absolute atomic E-state index is 6.05. The van der Waals surface area contributed by atoms with Crippen LogP contribution < -0.4 is 4.74 Å². The molecule has 2 aromatic carbocycles. The molecule has 2 aromatic rings. The standard InChI is InChI=1S/C19H22Br2N2O/c1-5-23(6-2)12-22-18-7-14(4)19(8-13(18)3)24-17-10-15(20)9-16(21)11-17/h7-12H,5-6H2,1-4H3. The van der Waals surface area contributed by atoms with E-state index in [9.17, 15) is 0 Å². The Bertz CT molecular complexity index is 720. The molecule has 0 aliphatic heterocycles. The summed E-state index contributed by atoms with van der Waals surface area (Å²) in [6, 6.07) is 9.99. The van der Waals surface area contributed by atoms with Crippen molar-refractivity contribution in [1.29, 1.82) is 0 Å². The van der Waals surface area contributed by atoms with Gasteiger partial charge < -0.3 is 9.64 Å². The first kappa shape index (κ1) is 19.0. The SMILES string of the molecule is CCN(C=Nc1cc(C)c(Oc2cc(Br)cc(Br)c2)cc1C)CC. The normalized spacial score (nSPS) is 11.1. The Balaban J connectivity index is 2.26. The molecule has 0 saturated carbocycles. The van der Waals surface area contributed by atoms with Gasteiger partial charge in [-0.3, -0.25) is 0 Å². The first-order chi connectivity index (χ1) is 11.4. The van der Waals surface area contributed by atoms with E-state index in [-0.39, 0.29) is 0 Å². The minimum absolute atomic E-state index is 0.790. The smallest absolute Gasteiger partial charge is 0.130 e. The van der Waals surface area contributed by atoms with Gasteiger partial charge in [0.05, 0.1) is 12.0 Å². The van der Waals surface area contributed by atoms with Crippen LogP contribution in [0.25, 0.3) is 0 Å². The van der Waals surface area contributed by atoms with Crippen LogP contribution in [0.5, 0.6) is 11.5 Å². The van der Waals surface area contributed by atoms with E-state index in [1.807, 2.05) is 37.5 Å². The second kappa shape index (κ2) is 8.67.